The average molecular weight is 376 g/mol. The lowest BCUT2D eigenvalue weighted by molar-refractivity contribution is -0.385. The monoisotopic (exact) mass is 375 g/mol. The summed E-state index contributed by atoms with van der Waals surface area (Å²) in [6.45, 7) is 0. The smallest absolute Gasteiger partial charge is 0.313 e. The summed E-state index contributed by atoms with van der Waals surface area (Å²) in [7, 11) is 0. The van der Waals surface area contributed by atoms with E-state index in [-0.39, 0.29) is 11.4 Å². The first-order valence-electron chi connectivity index (χ1n) is 4.93. The van der Waals surface area contributed by atoms with Crippen LogP contribution in [-0.4, -0.2) is 4.92 Å². The molecular weight excluding hydrogens is 368 g/mol. The number of ether oxygens (including phenoxy) is 1. The molecule has 2 aromatic carbocycles. The topological polar surface area (TPSA) is 52.4 Å². The maximum atomic E-state index is 10.9. The average Bonchev–Trinajstić information content (AvgIpc) is 2.31. The van der Waals surface area contributed by atoms with Crippen LogP contribution in [-0.2, 0) is 0 Å². The first-order chi connectivity index (χ1) is 8.56. The lowest BCUT2D eigenvalue weighted by Gasteiger charge is -2.06. The highest BCUT2D eigenvalue weighted by atomic mass is 127. The molecule has 18 heavy (non-hydrogen) atoms. The summed E-state index contributed by atoms with van der Waals surface area (Å²) in [5.41, 5.74) is -0.152. The van der Waals surface area contributed by atoms with Gasteiger partial charge in [0.1, 0.15) is 5.75 Å². The quantitative estimate of drug-likeness (QED) is 0.446. The van der Waals surface area contributed by atoms with E-state index in [1.165, 1.54) is 12.1 Å². The Bertz CT molecular complexity index is 604. The van der Waals surface area contributed by atoms with Gasteiger partial charge in [0.15, 0.2) is 0 Å². The van der Waals surface area contributed by atoms with Crippen molar-refractivity contribution in [2.24, 2.45) is 0 Å². The van der Waals surface area contributed by atoms with Crippen LogP contribution in [0.5, 0.6) is 11.5 Å². The first-order valence-corrected chi connectivity index (χ1v) is 6.39. The third-order valence-electron chi connectivity index (χ3n) is 2.14. The maximum absolute atomic E-state index is 10.9. The van der Waals surface area contributed by atoms with Gasteiger partial charge in [-0.15, -0.1) is 0 Å². The summed E-state index contributed by atoms with van der Waals surface area (Å²) in [4.78, 5) is 10.4. The zero-order chi connectivity index (χ0) is 13.1. The molecule has 2 rings (SSSR count). The number of halogens is 2. The lowest BCUT2D eigenvalue weighted by Crippen LogP contribution is -1.93. The van der Waals surface area contributed by atoms with Gasteiger partial charge in [-0.3, -0.25) is 10.1 Å². The number of benzene rings is 2. The van der Waals surface area contributed by atoms with E-state index < -0.39 is 4.92 Å². The van der Waals surface area contributed by atoms with Crippen molar-refractivity contribution in [3.8, 4) is 11.5 Å². The van der Waals surface area contributed by atoms with Gasteiger partial charge in [-0.05, 0) is 52.9 Å². The maximum Gasteiger partial charge on any atom is 0.313 e. The van der Waals surface area contributed by atoms with Gasteiger partial charge in [-0.1, -0.05) is 17.7 Å². The van der Waals surface area contributed by atoms with Gasteiger partial charge >= 0.3 is 5.69 Å². The van der Waals surface area contributed by atoms with E-state index >= 15 is 0 Å². The predicted octanol–water partition coefficient (Wildman–Crippen LogP) is 4.65. The van der Waals surface area contributed by atoms with Crippen LogP contribution >= 0.6 is 34.2 Å². The molecule has 0 aliphatic heterocycles. The molecule has 0 atom stereocenters. The zero-order valence-corrected chi connectivity index (χ0v) is 11.9. The number of hydrogen-bond donors (Lipinski definition) is 0. The molecule has 0 N–H and O–H groups in total. The molecule has 0 unspecified atom stereocenters. The Morgan fingerprint density at radius 1 is 1.22 bits per heavy atom. The van der Waals surface area contributed by atoms with E-state index in [0.717, 1.165) is 3.57 Å². The van der Waals surface area contributed by atoms with Crippen LogP contribution in [0.15, 0.2) is 42.5 Å². The molecule has 0 fully saturated rings. The van der Waals surface area contributed by atoms with Crippen molar-refractivity contribution < 1.29 is 9.66 Å². The Hall–Kier alpha value is -1.34. The predicted molar refractivity (Wildman–Crippen MR) is 77.3 cm³/mol. The molecule has 0 spiro atoms. The molecule has 92 valence electrons. The van der Waals surface area contributed by atoms with Crippen LogP contribution < -0.4 is 4.74 Å². The highest BCUT2D eigenvalue weighted by Gasteiger charge is 2.16. The zero-order valence-electron chi connectivity index (χ0n) is 8.97. The molecule has 0 amide bonds. The van der Waals surface area contributed by atoms with E-state index in [4.69, 9.17) is 16.3 Å². The molecule has 6 heteroatoms. The molecule has 0 heterocycles. The third-order valence-corrected chi connectivity index (χ3v) is 3.05. The molecule has 4 nitrogen and oxygen atoms in total. The number of nitro benzene ring substituents is 1. The van der Waals surface area contributed by atoms with Crippen LogP contribution in [0.3, 0.4) is 0 Å². The third kappa shape index (κ3) is 3.11. The van der Waals surface area contributed by atoms with Crippen molar-refractivity contribution in [2.75, 3.05) is 0 Å². The van der Waals surface area contributed by atoms with Gasteiger partial charge in [0.05, 0.1) is 4.92 Å². The number of nitro groups is 1. The molecule has 2 aromatic rings. The molecule has 0 aliphatic carbocycles. The molecule has 0 bridgehead atoms. The normalized spacial score (nSPS) is 10.1. The Morgan fingerprint density at radius 3 is 2.67 bits per heavy atom. The van der Waals surface area contributed by atoms with Crippen LogP contribution in [0.25, 0.3) is 0 Å². The van der Waals surface area contributed by atoms with Crippen LogP contribution in [0.4, 0.5) is 5.69 Å². The molecule has 0 aliphatic rings. The SMILES string of the molecule is O=[N+]([O-])c1cc(Cl)ccc1Oc1cccc(I)c1. The minimum Gasteiger partial charge on any atom is -0.450 e. The van der Waals surface area contributed by atoms with Crippen molar-refractivity contribution in [3.05, 3.63) is 61.2 Å². The van der Waals surface area contributed by atoms with Crippen molar-refractivity contribution in [2.45, 2.75) is 0 Å². The van der Waals surface area contributed by atoms with E-state index in [0.29, 0.717) is 10.8 Å². The van der Waals surface area contributed by atoms with Crippen molar-refractivity contribution in [1.82, 2.24) is 0 Å². The second kappa shape index (κ2) is 5.53. The largest absolute Gasteiger partial charge is 0.450 e. The van der Waals surface area contributed by atoms with E-state index in [1.807, 2.05) is 12.1 Å². The summed E-state index contributed by atoms with van der Waals surface area (Å²) in [5.74, 6) is 0.721. The van der Waals surface area contributed by atoms with Crippen molar-refractivity contribution >= 4 is 39.9 Å². The first kappa shape index (κ1) is 13.1. The fourth-order valence-corrected chi connectivity index (χ4v) is 2.06. The van der Waals surface area contributed by atoms with Gasteiger partial charge in [0.25, 0.3) is 0 Å². The summed E-state index contributed by atoms with van der Waals surface area (Å²) in [6.07, 6.45) is 0. The summed E-state index contributed by atoms with van der Waals surface area (Å²) in [5, 5.41) is 11.2. The van der Waals surface area contributed by atoms with Crippen LogP contribution in [0, 0.1) is 13.7 Å². The summed E-state index contributed by atoms with van der Waals surface area (Å²) in [6, 6.07) is 11.6. The highest BCUT2D eigenvalue weighted by Crippen LogP contribution is 2.33. The second-order valence-corrected chi connectivity index (χ2v) is 5.11. The molecule has 0 radical (unpaired) electrons. The van der Waals surface area contributed by atoms with Gasteiger partial charge in [0.2, 0.25) is 5.75 Å². The standard InChI is InChI=1S/C12H7ClINO3/c13-8-4-5-12(11(6-8)15(16)17)18-10-3-1-2-9(14)7-10/h1-7H. The minimum absolute atomic E-state index is 0.152. The Labute approximate surface area is 122 Å². The molecule has 0 saturated heterocycles. The van der Waals surface area contributed by atoms with Crippen LogP contribution in [0.1, 0.15) is 0 Å². The number of nitrogens with zero attached hydrogens (tertiary/aromatic N) is 1. The summed E-state index contributed by atoms with van der Waals surface area (Å²) < 4.78 is 6.49. The van der Waals surface area contributed by atoms with E-state index in [9.17, 15) is 10.1 Å². The van der Waals surface area contributed by atoms with Crippen molar-refractivity contribution in [3.63, 3.8) is 0 Å². The van der Waals surface area contributed by atoms with Gasteiger partial charge in [-0.2, -0.15) is 0 Å². The van der Waals surface area contributed by atoms with E-state index in [1.54, 1.807) is 18.2 Å². The second-order valence-electron chi connectivity index (χ2n) is 3.43. The minimum atomic E-state index is -0.519. The van der Waals surface area contributed by atoms with E-state index in [2.05, 4.69) is 22.6 Å². The van der Waals surface area contributed by atoms with Crippen molar-refractivity contribution in [1.29, 1.82) is 0 Å². The van der Waals surface area contributed by atoms with Gasteiger partial charge in [0, 0.05) is 14.7 Å². The Balaban J connectivity index is 2.37. The van der Waals surface area contributed by atoms with Crippen LogP contribution in [0.2, 0.25) is 5.02 Å². The Morgan fingerprint density at radius 2 is 2.00 bits per heavy atom. The fraction of sp³-hybridized carbons (Fsp3) is 0. The fourth-order valence-electron chi connectivity index (χ4n) is 1.38. The molecule has 0 aromatic heterocycles. The Kier molecular flexibility index (Phi) is 4.03. The van der Waals surface area contributed by atoms with Gasteiger partial charge in [-0.25, -0.2) is 0 Å². The number of hydrogen-bond acceptors (Lipinski definition) is 3. The molecular formula is C12H7ClINO3. The molecule has 0 saturated carbocycles. The van der Waals surface area contributed by atoms with Gasteiger partial charge < -0.3 is 4.74 Å². The summed E-state index contributed by atoms with van der Waals surface area (Å²) >= 11 is 7.87. The highest BCUT2D eigenvalue weighted by molar-refractivity contribution is 14.1. The lowest BCUT2D eigenvalue weighted by atomic mass is 10.3. The number of rotatable bonds is 3.